The average molecular weight is 456 g/mol. The number of carbonyl (C=O) groups excluding carboxylic acids is 1. The van der Waals surface area contributed by atoms with Crippen molar-refractivity contribution in [3.63, 3.8) is 0 Å². The zero-order valence-corrected chi connectivity index (χ0v) is 17.5. The molecule has 6 heteroatoms. The number of amides is 1. The van der Waals surface area contributed by atoms with Crippen LogP contribution in [0.1, 0.15) is 16.7 Å². The molecule has 0 aromatic heterocycles. The van der Waals surface area contributed by atoms with E-state index in [1.54, 1.807) is 48.5 Å². The molecule has 0 aliphatic carbocycles. The van der Waals surface area contributed by atoms with Crippen molar-refractivity contribution >= 4 is 37.4 Å². The highest BCUT2D eigenvalue weighted by atomic mass is 79.9. The zero-order valence-electron chi connectivity index (χ0n) is 15.1. The van der Waals surface area contributed by atoms with Gasteiger partial charge < -0.3 is 5.32 Å². The van der Waals surface area contributed by atoms with Gasteiger partial charge in [0.05, 0.1) is 4.90 Å². The van der Waals surface area contributed by atoms with E-state index in [2.05, 4.69) is 21.2 Å². The number of halogens is 1. The third kappa shape index (κ3) is 2.79. The first-order valence-electron chi connectivity index (χ1n) is 8.82. The normalized spacial score (nSPS) is 18.6. The molecule has 142 valence electrons. The minimum Gasteiger partial charge on any atom is -0.324 e. The van der Waals surface area contributed by atoms with E-state index < -0.39 is 20.5 Å². The molecule has 1 unspecified atom stereocenters. The molecule has 0 saturated heterocycles. The summed E-state index contributed by atoms with van der Waals surface area (Å²) in [5, 5.41) is 2.78. The van der Waals surface area contributed by atoms with Crippen LogP contribution in [0.4, 0.5) is 5.69 Å². The lowest BCUT2D eigenvalue weighted by Gasteiger charge is -2.28. The fraction of sp³-hybridized carbons (Fsp3) is 0.136. The second-order valence-corrected chi connectivity index (χ2v) is 9.94. The van der Waals surface area contributed by atoms with E-state index in [9.17, 15) is 13.2 Å². The lowest BCUT2D eigenvalue weighted by molar-refractivity contribution is -0.118. The van der Waals surface area contributed by atoms with Gasteiger partial charge in [0.2, 0.25) is 0 Å². The molecule has 1 aliphatic heterocycles. The van der Waals surface area contributed by atoms with E-state index in [4.69, 9.17) is 0 Å². The molecule has 0 spiro atoms. The number of fused-ring (bicyclic) bond motifs is 1. The Balaban J connectivity index is 1.99. The Morgan fingerprint density at radius 3 is 2.29 bits per heavy atom. The Kier molecular flexibility index (Phi) is 4.63. The number of aryl methyl sites for hydroxylation is 1. The number of carbonyl (C=O) groups is 1. The van der Waals surface area contributed by atoms with Gasteiger partial charge in [0.25, 0.3) is 5.91 Å². The van der Waals surface area contributed by atoms with Gasteiger partial charge >= 0.3 is 0 Å². The van der Waals surface area contributed by atoms with Gasteiger partial charge in [-0.25, -0.2) is 8.42 Å². The van der Waals surface area contributed by atoms with E-state index >= 15 is 0 Å². The summed E-state index contributed by atoms with van der Waals surface area (Å²) in [7, 11) is -4.03. The smallest absolute Gasteiger partial charge is 0.251 e. The van der Waals surface area contributed by atoms with Crippen LogP contribution in [-0.4, -0.2) is 14.3 Å². The summed E-state index contributed by atoms with van der Waals surface area (Å²) in [4.78, 5) is 13.4. The highest BCUT2D eigenvalue weighted by molar-refractivity contribution is 9.10. The molecule has 4 nitrogen and oxygen atoms in total. The maximum absolute atomic E-state index is 13.9. The van der Waals surface area contributed by atoms with Crippen molar-refractivity contribution in [1.82, 2.24) is 0 Å². The molecule has 1 amide bonds. The van der Waals surface area contributed by atoms with Crippen LogP contribution < -0.4 is 5.32 Å². The van der Waals surface area contributed by atoms with Gasteiger partial charge in [0.15, 0.2) is 14.6 Å². The van der Waals surface area contributed by atoms with Crippen molar-refractivity contribution in [2.24, 2.45) is 0 Å². The summed E-state index contributed by atoms with van der Waals surface area (Å²) in [6.07, 6.45) is 0.0352. The third-order valence-corrected chi connectivity index (χ3v) is 8.30. The van der Waals surface area contributed by atoms with Gasteiger partial charge in [-0.2, -0.15) is 0 Å². The first-order valence-corrected chi connectivity index (χ1v) is 11.1. The summed E-state index contributed by atoms with van der Waals surface area (Å²) in [5.74, 6) is -0.523. The topological polar surface area (TPSA) is 63.2 Å². The molecule has 1 atom stereocenters. The summed E-state index contributed by atoms with van der Waals surface area (Å²) < 4.78 is 26.8. The summed E-state index contributed by atoms with van der Waals surface area (Å²) >= 11 is 3.49. The van der Waals surface area contributed by atoms with Crippen LogP contribution >= 0.6 is 15.9 Å². The fourth-order valence-electron chi connectivity index (χ4n) is 3.66. The SMILES string of the molecule is Cc1ccc(S(=O)(=O)C2(Cc3ccccc3Br)C(=O)Nc3ccccc32)cc1. The van der Waals surface area contributed by atoms with Crippen molar-refractivity contribution in [2.45, 2.75) is 23.0 Å². The number of hydrogen-bond acceptors (Lipinski definition) is 3. The van der Waals surface area contributed by atoms with Crippen LogP contribution in [0.25, 0.3) is 0 Å². The molecule has 0 bridgehead atoms. The maximum atomic E-state index is 13.9. The van der Waals surface area contributed by atoms with Crippen molar-refractivity contribution in [3.8, 4) is 0 Å². The zero-order chi connectivity index (χ0) is 19.9. The first kappa shape index (κ1) is 18.9. The second-order valence-electron chi connectivity index (χ2n) is 6.91. The van der Waals surface area contributed by atoms with Crippen molar-refractivity contribution in [1.29, 1.82) is 0 Å². The highest BCUT2D eigenvalue weighted by Gasteiger charge is 2.57. The average Bonchev–Trinajstić information content (AvgIpc) is 2.97. The van der Waals surface area contributed by atoms with E-state index in [-0.39, 0.29) is 11.3 Å². The molecule has 0 radical (unpaired) electrons. The van der Waals surface area contributed by atoms with Gasteiger partial charge in [-0.15, -0.1) is 0 Å². The Morgan fingerprint density at radius 2 is 1.57 bits per heavy atom. The molecular formula is C22H18BrNO3S. The van der Waals surface area contributed by atoms with Crippen LogP contribution in [0.15, 0.2) is 82.2 Å². The Hall–Kier alpha value is -2.44. The first-order chi connectivity index (χ1) is 13.4. The van der Waals surface area contributed by atoms with Gasteiger partial charge in [0.1, 0.15) is 0 Å². The molecule has 28 heavy (non-hydrogen) atoms. The van der Waals surface area contributed by atoms with E-state index in [1.165, 1.54) is 0 Å². The Bertz CT molecular complexity index is 1170. The number of sulfone groups is 1. The monoisotopic (exact) mass is 455 g/mol. The number of para-hydroxylation sites is 1. The summed E-state index contributed by atoms with van der Waals surface area (Å²) in [5.41, 5.74) is 2.73. The summed E-state index contributed by atoms with van der Waals surface area (Å²) in [6.45, 7) is 1.89. The fourth-order valence-corrected chi connectivity index (χ4v) is 6.09. The molecule has 0 saturated carbocycles. The molecule has 0 fully saturated rings. The van der Waals surface area contributed by atoms with Gasteiger partial charge in [-0.1, -0.05) is 70.0 Å². The highest BCUT2D eigenvalue weighted by Crippen LogP contribution is 2.47. The lowest BCUT2D eigenvalue weighted by atomic mass is 9.92. The van der Waals surface area contributed by atoms with Gasteiger partial charge in [-0.3, -0.25) is 4.79 Å². The van der Waals surface area contributed by atoms with Crippen LogP contribution in [0, 0.1) is 6.92 Å². The summed E-state index contributed by atoms with van der Waals surface area (Å²) in [6, 6.07) is 21.0. The largest absolute Gasteiger partial charge is 0.324 e. The number of benzene rings is 3. The van der Waals surface area contributed by atoms with Gasteiger partial charge in [-0.05, 0) is 36.8 Å². The van der Waals surface area contributed by atoms with Crippen molar-refractivity contribution in [2.75, 3.05) is 5.32 Å². The predicted molar refractivity (Wildman–Crippen MR) is 113 cm³/mol. The minimum absolute atomic E-state index is 0.0352. The molecule has 1 N–H and O–H groups in total. The van der Waals surface area contributed by atoms with Crippen LogP contribution in [0.2, 0.25) is 0 Å². The molecule has 1 aliphatic rings. The van der Waals surface area contributed by atoms with E-state index in [1.807, 2.05) is 31.2 Å². The molecule has 3 aromatic carbocycles. The lowest BCUT2D eigenvalue weighted by Crippen LogP contribution is -2.44. The molecule has 4 rings (SSSR count). The van der Waals surface area contributed by atoms with Crippen LogP contribution in [0.3, 0.4) is 0 Å². The molecule has 3 aromatic rings. The minimum atomic E-state index is -4.03. The number of rotatable bonds is 4. The van der Waals surface area contributed by atoms with Crippen molar-refractivity contribution < 1.29 is 13.2 Å². The van der Waals surface area contributed by atoms with Gasteiger partial charge in [0, 0.05) is 22.1 Å². The molecular weight excluding hydrogens is 438 g/mol. The van der Waals surface area contributed by atoms with Crippen molar-refractivity contribution in [3.05, 3.63) is 94.0 Å². The Labute approximate surface area is 172 Å². The standard InChI is InChI=1S/C22H18BrNO3S/c1-15-10-12-17(13-11-15)28(26,27)22(14-16-6-2-4-8-19(16)23)18-7-3-5-9-20(18)24-21(22)25/h2-13H,14H2,1H3,(H,24,25). The number of nitrogens with one attached hydrogen (secondary N) is 1. The third-order valence-electron chi connectivity index (χ3n) is 5.16. The molecule has 1 heterocycles. The Morgan fingerprint density at radius 1 is 0.929 bits per heavy atom. The van der Waals surface area contributed by atoms with Crippen LogP contribution in [0.5, 0.6) is 0 Å². The van der Waals surface area contributed by atoms with Crippen LogP contribution in [-0.2, 0) is 25.8 Å². The van der Waals surface area contributed by atoms with E-state index in [0.29, 0.717) is 11.3 Å². The van der Waals surface area contributed by atoms with E-state index in [0.717, 1.165) is 15.6 Å². The predicted octanol–water partition coefficient (Wildman–Crippen LogP) is 4.62. The second kappa shape index (κ2) is 6.87. The number of hydrogen-bond donors (Lipinski definition) is 1. The maximum Gasteiger partial charge on any atom is 0.251 e. The number of anilines is 1. The quantitative estimate of drug-likeness (QED) is 0.623.